The molecule has 266 valence electrons. The molecule has 0 aliphatic rings. The van der Waals surface area contributed by atoms with Crippen molar-refractivity contribution >= 4 is 58.0 Å². The molecule has 3 amide bonds. The van der Waals surface area contributed by atoms with E-state index >= 15 is 0 Å². The standard InChI is InChI=1S/C44H34N4O5S/c1-52-35-16-10-11-29(27-35)28-38(47-41(49)31-14-6-3-7-15-31)42(50)45-34-23-25-36(26-24-34)54-40(30-12-4-2-5-13-30)43(51)46-33-21-19-32(20-22-33)44-48-37-17-8-9-18-39(37)53-44/h2-28,40H,1H3,(H,45,50)(H,46,51)(H,47,49)/b38-28-. The quantitative estimate of drug-likeness (QED) is 0.0846. The maximum atomic E-state index is 13.8. The Morgan fingerprint density at radius 3 is 2.11 bits per heavy atom. The van der Waals surface area contributed by atoms with Crippen LogP contribution in [0.15, 0.2) is 173 Å². The fraction of sp³-hybridized carbons (Fsp3) is 0.0455. The molecule has 0 saturated heterocycles. The Kier molecular flexibility index (Phi) is 10.9. The largest absolute Gasteiger partial charge is 0.497 e. The van der Waals surface area contributed by atoms with Crippen LogP contribution in [0, 0.1) is 0 Å². The minimum absolute atomic E-state index is 0.0539. The molecule has 7 aromatic rings. The summed E-state index contributed by atoms with van der Waals surface area (Å²) in [6.45, 7) is 0. The smallest absolute Gasteiger partial charge is 0.272 e. The van der Waals surface area contributed by atoms with Gasteiger partial charge in [-0.25, -0.2) is 4.98 Å². The Morgan fingerprint density at radius 1 is 0.722 bits per heavy atom. The van der Waals surface area contributed by atoms with Gasteiger partial charge in [-0.1, -0.05) is 72.8 Å². The molecule has 1 aromatic heterocycles. The highest BCUT2D eigenvalue weighted by Gasteiger charge is 2.23. The number of para-hydroxylation sites is 2. The second-order valence-corrected chi connectivity index (χ2v) is 13.3. The van der Waals surface area contributed by atoms with E-state index in [9.17, 15) is 14.4 Å². The number of hydrogen-bond donors (Lipinski definition) is 3. The Morgan fingerprint density at radius 2 is 1.39 bits per heavy atom. The van der Waals surface area contributed by atoms with Crippen molar-refractivity contribution in [2.24, 2.45) is 0 Å². The first-order chi connectivity index (χ1) is 26.4. The summed E-state index contributed by atoms with van der Waals surface area (Å²) in [4.78, 5) is 45.8. The Balaban J connectivity index is 1.05. The molecule has 1 unspecified atom stereocenters. The summed E-state index contributed by atoms with van der Waals surface area (Å²) in [5, 5.41) is 8.12. The van der Waals surface area contributed by atoms with Crippen molar-refractivity contribution in [3.05, 3.63) is 180 Å². The van der Waals surface area contributed by atoms with E-state index < -0.39 is 17.1 Å². The predicted molar refractivity (Wildman–Crippen MR) is 213 cm³/mol. The van der Waals surface area contributed by atoms with Crippen LogP contribution in [0.25, 0.3) is 28.6 Å². The summed E-state index contributed by atoms with van der Waals surface area (Å²) in [6.07, 6.45) is 1.59. The minimum Gasteiger partial charge on any atom is -0.497 e. The van der Waals surface area contributed by atoms with Gasteiger partial charge in [0.1, 0.15) is 22.2 Å². The maximum absolute atomic E-state index is 13.8. The topological polar surface area (TPSA) is 123 Å². The first-order valence-corrected chi connectivity index (χ1v) is 17.9. The molecule has 0 fully saturated rings. The van der Waals surface area contributed by atoms with Crippen molar-refractivity contribution in [1.29, 1.82) is 0 Å². The number of hydrogen-bond acceptors (Lipinski definition) is 7. The number of rotatable bonds is 12. The van der Waals surface area contributed by atoms with Gasteiger partial charge in [0, 0.05) is 27.4 Å². The summed E-state index contributed by atoms with van der Waals surface area (Å²) in [5.41, 5.74) is 5.40. The Bertz CT molecular complexity index is 2400. The number of carbonyl (C=O) groups excluding carboxylic acids is 3. The van der Waals surface area contributed by atoms with Crippen LogP contribution in [0.5, 0.6) is 5.75 Å². The van der Waals surface area contributed by atoms with Gasteiger partial charge in [-0.3, -0.25) is 14.4 Å². The number of methoxy groups -OCH3 is 1. The monoisotopic (exact) mass is 730 g/mol. The van der Waals surface area contributed by atoms with Gasteiger partial charge >= 0.3 is 0 Å². The number of ether oxygens (including phenoxy) is 1. The number of nitrogens with zero attached hydrogens (tertiary/aromatic N) is 1. The molecule has 9 nitrogen and oxygen atoms in total. The molecule has 0 aliphatic carbocycles. The van der Waals surface area contributed by atoms with Crippen LogP contribution in [0.1, 0.15) is 26.7 Å². The highest BCUT2D eigenvalue weighted by Crippen LogP contribution is 2.37. The van der Waals surface area contributed by atoms with Crippen LogP contribution in [-0.2, 0) is 9.59 Å². The summed E-state index contributed by atoms with van der Waals surface area (Å²) in [7, 11) is 1.56. The zero-order valence-electron chi connectivity index (χ0n) is 29.1. The molecule has 0 spiro atoms. The van der Waals surface area contributed by atoms with Gasteiger partial charge in [0.25, 0.3) is 11.8 Å². The summed E-state index contributed by atoms with van der Waals surface area (Å²) in [5.74, 6) is -0.00258. The average Bonchev–Trinajstić information content (AvgIpc) is 3.66. The fourth-order valence-electron chi connectivity index (χ4n) is 5.59. The highest BCUT2D eigenvalue weighted by atomic mass is 32.2. The first kappa shape index (κ1) is 35.5. The number of aromatic nitrogens is 1. The van der Waals surface area contributed by atoms with E-state index in [0.717, 1.165) is 21.5 Å². The third kappa shape index (κ3) is 8.75. The number of fused-ring (bicyclic) bond motifs is 1. The fourth-order valence-corrected chi connectivity index (χ4v) is 6.62. The molecule has 1 atom stereocenters. The zero-order valence-corrected chi connectivity index (χ0v) is 29.9. The van der Waals surface area contributed by atoms with Crippen molar-refractivity contribution in [2.75, 3.05) is 17.7 Å². The van der Waals surface area contributed by atoms with E-state index in [2.05, 4.69) is 20.9 Å². The van der Waals surface area contributed by atoms with Crippen LogP contribution in [0.4, 0.5) is 11.4 Å². The molecule has 54 heavy (non-hydrogen) atoms. The number of amides is 3. The number of nitrogens with one attached hydrogen (secondary N) is 3. The molecule has 1 heterocycles. The summed E-state index contributed by atoms with van der Waals surface area (Å²) in [6, 6.07) is 47.5. The lowest BCUT2D eigenvalue weighted by atomic mass is 10.1. The molecule has 10 heteroatoms. The zero-order chi connectivity index (χ0) is 37.3. The SMILES string of the molecule is COc1cccc(/C=C(\NC(=O)c2ccccc2)C(=O)Nc2ccc(SC(C(=O)Nc3ccc(-c4nc5ccccc5o4)cc3)c3ccccc3)cc2)c1. The third-order valence-corrected chi connectivity index (χ3v) is 9.60. The molecular weight excluding hydrogens is 697 g/mol. The predicted octanol–water partition coefficient (Wildman–Crippen LogP) is 9.39. The van der Waals surface area contributed by atoms with Crippen molar-refractivity contribution in [3.8, 4) is 17.2 Å². The van der Waals surface area contributed by atoms with Crippen LogP contribution in [0.3, 0.4) is 0 Å². The Labute approximate surface area is 316 Å². The van der Waals surface area contributed by atoms with Crippen molar-refractivity contribution in [1.82, 2.24) is 10.3 Å². The summed E-state index contributed by atoms with van der Waals surface area (Å²) < 4.78 is 11.2. The van der Waals surface area contributed by atoms with Crippen molar-refractivity contribution in [3.63, 3.8) is 0 Å². The van der Waals surface area contributed by atoms with E-state index in [1.54, 1.807) is 67.8 Å². The first-order valence-electron chi connectivity index (χ1n) is 17.0. The van der Waals surface area contributed by atoms with E-state index in [1.807, 2.05) is 103 Å². The van der Waals surface area contributed by atoms with E-state index in [4.69, 9.17) is 9.15 Å². The Hall–Kier alpha value is -6.91. The van der Waals surface area contributed by atoms with E-state index in [-0.39, 0.29) is 11.6 Å². The second kappa shape index (κ2) is 16.6. The normalized spacial score (nSPS) is 11.8. The second-order valence-electron chi connectivity index (χ2n) is 12.1. The number of anilines is 2. The molecule has 0 bridgehead atoms. The van der Waals surface area contributed by atoms with Crippen LogP contribution < -0.4 is 20.7 Å². The lowest BCUT2D eigenvalue weighted by Crippen LogP contribution is -2.30. The van der Waals surface area contributed by atoms with E-state index in [0.29, 0.717) is 39.7 Å². The average molecular weight is 731 g/mol. The number of carbonyl (C=O) groups is 3. The third-order valence-electron chi connectivity index (χ3n) is 8.33. The molecule has 0 saturated carbocycles. The molecule has 6 aromatic carbocycles. The van der Waals surface area contributed by atoms with Crippen molar-refractivity contribution in [2.45, 2.75) is 10.1 Å². The molecule has 7 rings (SSSR count). The van der Waals surface area contributed by atoms with Gasteiger partial charge < -0.3 is 25.1 Å². The number of oxazole rings is 1. The molecule has 0 radical (unpaired) electrons. The number of thioether (sulfide) groups is 1. The maximum Gasteiger partial charge on any atom is 0.272 e. The highest BCUT2D eigenvalue weighted by molar-refractivity contribution is 8.00. The van der Waals surface area contributed by atoms with Gasteiger partial charge in [-0.15, -0.1) is 11.8 Å². The molecule has 0 aliphatic heterocycles. The van der Waals surface area contributed by atoms with Crippen LogP contribution >= 0.6 is 11.8 Å². The van der Waals surface area contributed by atoms with Gasteiger partial charge in [0.15, 0.2) is 5.58 Å². The van der Waals surface area contributed by atoms with Crippen LogP contribution in [-0.4, -0.2) is 29.8 Å². The number of benzene rings is 6. The van der Waals surface area contributed by atoms with Gasteiger partial charge in [0.05, 0.1) is 7.11 Å². The van der Waals surface area contributed by atoms with Gasteiger partial charge in [-0.2, -0.15) is 0 Å². The lowest BCUT2D eigenvalue weighted by Gasteiger charge is -2.18. The molecule has 3 N–H and O–H groups in total. The molecular formula is C44H34N4O5S. The van der Waals surface area contributed by atoms with Gasteiger partial charge in [0.2, 0.25) is 11.8 Å². The van der Waals surface area contributed by atoms with Gasteiger partial charge in [-0.05, 0) is 102 Å². The van der Waals surface area contributed by atoms with E-state index in [1.165, 1.54) is 11.8 Å². The lowest BCUT2D eigenvalue weighted by molar-refractivity contribution is -0.116. The van der Waals surface area contributed by atoms with Crippen LogP contribution in [0.2, 0.25) is 0 Å². The minimum atomic E-state index is -0.575. The summed E-state index contributed by atoms with van der Waals surface area (Å²) >= 11 is 1.39. The van der Waals surface area contributed by atoms with Crippen molar-refractivity contribution < 1.29 is 23.5 Å².